The summed E-state index contributed by atoms with van der Waals surface area (Å²) < 4.78 is 18.3. The Hall–Kier alpha value is -5.11. The van der Waals surface area contributed by atoms with Crippen LogP contribution in [0.4, 0.5) is 4.39 Å². The number of rotatable bonds is 4. The van der Waals surface area contributed by atoms with E-state index in [2.05, 4.69) is 30.4 Å². The van der Waals surface area contributed by atoms with Gasteiger partial charge >= 0.3 is 5.69 Å². The zero-order chi connectivity index (χ0) is 23.2. The maximum Gasteiger partial charge on any atom is 0.323 e. The van der Waals surface area contributed by atoms with Crippen LogP contribution in [0.15, 0.2) is 65.7 Å². The summed E-state index contributed by atoms with van der Waals surface area (Å²) in [7, 11) is 0. The zero-order valence-electron chi connectivity index (χ0n) is 17.4. The van der Waals surface area contributed by atoms with Gasteiger partial charge in [0.25, 0.3) is 0 Å². The molecule has 0 radical (unpaired) electrons. The lowest BCUT2D eigenvalue weighted by Crippen LogP contribution is -2.05. The van der Waals surface area contributed by atoms with Crippen LogP contribution in [-0.4, -0.2) is 39.7 Å². The highest BCUT2D eigenvalue weighted by molar-refractivity contribution is 5.84. The third-order valence-electron chi connectivity index (χ3n) is 5.53. The van der Waals surface area contributed by atoms with E-state index in [1.54, 1.807) is 53.3 Å². The molecular weight excluding hydrogens is 437 g/mol. The molecule has 0 saturated carbocycles. The molecule has 6 rings (SSSR count). The van der Waals surface area contributed by atoms with E-state index in [0.29, 0.717) is 51.3 Å². The zero-order valence-corrected chi connectivity index (χ0v) is 17.4. The molecule has 0 bridgehead atoms. The highest BCUT2D eigenvalue weighted by atomic mass is 19.1. The van der Waals surface area contributed by atoms with Crippen molar-refractivity contribution in [1.82, 2.24) is 39.7 Å². The second-order valence-corrected chi connectivity index (χ2v) is 7.66. The van der Waals surface area contributed by atoms with E-state index in [1.807, 2.05) is 6.07 Å². The topological polar surface area (TPSA) is 134 Å². The number of halogens is 1. The maximum atomic E-state index is 15.0. The highest BCUT2D eigenvalue weighted by Crippen LogP contribution is 2.28. The summed E-state index contributed by atoms with van der Waals surface area (Å²) in [4.78, 5) is 21.3. The number of imidazole rings is 1. The molecule has 0 unspecified atom stereocenters. The minimum Gasteiger partial charge on any atom is -0.306 e. The van der Waals surface area contributed by atoms with Gasteiger partial charge in [0, 0.05) is 18.0 Å². The molecule has 2 N–H and O–H groups in total. The van der Waals surface area contributed by atoms with Crippen molar-refractivity contribution in [3.05, 3.63) is 88.5 Å². The van der Waals surface area contributed by atoms with E-state index >= 15 is 4.39 Å². The number of pyridine rings is 1. The number of nitrogens with zero attached hydrogens (tertiary/aromatic N) is 7. The molecule has 0 saturated heterocycles. The van der Waals surface area contributed by atoms with Crippen molar-refractivity contribution >= 4 is 22.1 Å². The second kappa shape index (κ2) is 7.49. The summed E-state index contributed by atoms with van der Waals surface area (Å²) >= 11 is 0. The van der Waals surface area contributed by atoms with Crippen molar-refractivity contribution in [3.63, 3.8) is 0 Å². The molecule has 0 atom stereocenters. The number of hydrogen-bond acceptors (Lipinski definition) is 6. The number of hydrogen-bond donors (Lipinski definition) is 2. The first-order valence-corrected chi connectivity index (χ1v) is 10.2. The van der Waals surface area contributed by atoms with E-state index in [1.165, 1.54) is 16.9 Å². The van der Waals surface area contributed by atoms with Gasteiger partial charge < -0.3 is 9.97 Å². The Morgan fingerprint density at radius 3 is 2.76 bits per heavy atom. The molecule has 11 heteroatoms. The van der Waals surface area contributed by atoms with Gasteiger partial charge in [0.15, 0.2) is 5.82 Å². The molecule has 10 nitrogen and oxygen atoms in total. The fourth-order valence-electron chi connectivity index (χ4n) is 3.92. The van der Waals surface area contributed by atoms with Gasteiger partial charge in [0.2, 0.25) is 0 Å². The molecule has 164 valence electrons. The standard InChI is InChI=1S/C23H14FN9O/c24-17-7-14(20-5-6-27-32(20)12-15-2-1-13(10-25)11-26-15)8-21-22(17)30-31-33(21)16-3-4-18-19(9-16)29-23(34)28-18/h1-9,11H,12H2,(H2,28,29,34). The number of benzene rings is 2. The van der Waals surface area contributed by atoms with Gasteiger partial charge in [-0.3, -0.25) is 9.67 Å². The first kappa shape index (κ1) is 19.6. The Bertz CT molecular complexity index is 1780. The first-order valence-electron chi connectivity index (χ1n) is 10.2. The fourth-order valence-corrected chi connectivity index (χ4v) is 3.92. The van der Waals surface area contributed by atoms with Gasteiger partial charge in [0.05, 0.1) is 45.7 Å². The molecule has 2 aromatic carbocycles. The normalized spacial score (nSPS) is 11.3. The van der Waals surface area contributed by atoms with Crippen LogP contribution in [0.25, 0.3) is 39.0 Å². The Morgan fingerprint density at radius 1 is 1.06 bits per heavy atom. The van der Waals surface area contributed by atoms with Gasteiger partial charge in [-0.25, -0.2) is 13.9 Å². The smallest absolute Gasteiger partial charge is 0.306 e. The van der Waals surface area contributed by atoms with Gasteiger partial charge in [-0.2, -0.15) is 10.4 Å². The van der Waals surface area contributed by atoms with Crippen molar-refractivity contribution in [2.45, 2.75) is 6.54 Å². The SMILES string of the molecule is N#Cc1ccc(Cn2nccc2-c2cc(F)c3nnn(-c4ccc5[nH]c(=O)[nH]c5c4)c3c2)nc1. The number of nitrogens with one attached hydrogen (secondary N) is 2. The molecule has 4 heterocycles. The van der Waals surface area contributed by atoms with Crippen molar-refractivity contribution in [1.29, 1.82) is 5.26 Å². The molecule has 0 aliphatic rings. The van der Waals surface area contributed by atoms with E-state index in [9.17, 15) is 4.79 Å². The molecular formula is C23H14FN9O. The summed E-state index contributed by atoms with van der Waals surface area (Å²) in [5.74, 6) is -0.515. The van der Waals surface area contributed by atoms with Gasteiger partial charge in [-0.1, -0.05) is 5.21 Å². The molecule has 0 spiro atoms. The fraction of sp³-hybridized carbons (Fsp3) is 0.0435. The summed E-state index contributed by atoms with van der Waals surface area (Å²) in [5, 5.41) is 21.5. The summed E-state index contributed by atoms with van der Waals surface area (Å²) in [5.41, 5.74) is 4.64. The summed E-state index contributed by atoms with van der Waals surface area (Å²) in [6.45, 7) is 0.350. The number of aromatic amines is 2. The van der Waals surface area contributed by atoms with E-state index in [4.69, 9.17) is 5.26 Å². The van der Waals surface area contributed by atoms with Crippen LogP contribution in [0, 0.1) is 17.1 Å². The summed E-state index contributed by atoms with van der Waals surface area (Å²) in [6, 6.07) is 15.7. The average molecular weight is 451 g/mol. The van der Waals surface area contributed by atoms with E-state index in [-0.39, 0.29) is 11.2 Å². The minimum atomic E-state index is -0.515. The quantitative estimate of drug-likeness (QED) is 0.423. The molecule has 0 aliphatic carbocycles. The van der Waals surface area contributed by atoms with E-state index in [0.717, 1.165) is 0 Å². The molecule has 0 fully saturated rings. The number of nitriles is 1. The Balaban J connectivity index is 1.43. The maximum absolute atomic E-state index is 15.0. The van der Waals surface area contributed by atoms with Crippen LogP contribution in [0.3, 0.4) is 0 Å². The monoisotopic (exact) mass is 451 g/mol. The van der Waals surface area contributed by atoms with Crippen LogP contribution >= 0.6 is 0 Å². The Labute approximate surface area is 189 Å². The first-order chi connectivity index (χ1) is 16.6. The largest absolute Gasteiger partial charge is 0.323 e. The lowest BCUT2D eigenvalue weighted by atomic mass is 10.1. The van der Waals surface area contributed by atoms with Crippen LogP contribution in [-0.2, 0) is 6.54 Å². The molecule has 34 heavy (non-hydrogen) atoms. The van der Waals surface area contributed by atoms with Crippen LogP contribution in [0.1, 0.15) is 11.3 Å². The molecule has 0 amide bonds. The average Bonchev–Trinajstić information content (AvgIpc) is 3.56. The van der Waals surface area contributed by atoms with Crippen molar-refractivity contribution < 1.29 is 4.39 Å². The van der Waals surface area contributed by atoms with Crippen LogP contribution in [0.2, 0.25) is 0 Å². The minimum absolute atomic E-state index is 0.131. The second-order valence-electron chi connectivity index (χ2n) is 7.66. The van der Waals surface area contributed by atoms with Gasteiger partial charge in [-0.05, 0) is 48.5 Å². The lowest BCUT2D eigenvalue weighted by molar-refractivity contribution is 0.635. The summed E-state index contributed by atoms with van der Waals surface area (Å²) in [6.07, 6.45) is 3.13. The van der Waals surface area contributed by atoms with Crippen molar-refractivity contribution in [2.24, 2.45) is 0 Å². The lowest BCUT2D eigenvalue weighted by Gasteiger charge is -2.09. The Kier molecular flexibility index (Phi) is 4.31. The molecule has 6 aromatic rings. The van der Waals surface area contributed by atoms with Crippen LogP contribution in [0.5, 0.6) is 0 Å². The predicted molar refractivity (Wildman–Crippen MR) is 121 cm³/mol. The van der Waals surface area contributed by atoms with E-state index < -0.39 is 5.82 Å². The van der Waals surface area contributed by atoms with Gasteiger partial charge in [-0.15, -0.1) is 5.10 Å². The van der Waals surface area contributed by atoms with Crippen molar-refractivity contribution in [2.75, 3.05) is 0 Å². The number of aromatic nitrogens is 8. The number of H-pyrrole nitrogens is 2. The highest BCUT2D eigenvalue weighted by Gasteiger charge is 2.16. The van der Waals surface area contributed by atoms with Gasteiger partial charge in [0.1, 0.15) is 11.6 Å². The molecule has 0 aliphatic heterocycles. The third-order valence-corrected chi connectivity index (χ3v) is 5.53. The predicted octanol–water partition coefficient (Wildman–Crippen LogP) is 2.91. The number of fused-ring (bicyclic) bond motifs is 2. The Morgan fingerprint density at radius 2 is 1.94 bits per heavy atom. The third kappa shape index (κ3) is 3.21. The van der Waals surface area contributed by atoms with Crippen molar-refractivity contribution in [3.8, 4) is 23.0 Å². The molecule has 4 aromatic heterocycles. The van der Waals surface area contributed by atoms with Crippen LogP contribution < -0.4 is 5.69 Å².